The Bertz CT molecular complexity index is 1280. The van der Waals surface area contributed by atoms with Crippen LogP contribution in [0.2, 0.25) is 0 Å². The van der Waals surface area contributed by atoms with Crippen LogP contribution in [0.25, 0.3) is 10.9 Å². The number of rotatable bonds is 9. The lowest BCUT2D eigenvalue weighted by Gasteiger charge is -2.26. The predicted octanol–water partition coefficient (Wildman–Crippen LogP) is 2.42. The third-order valence-corrected chi connectivity index (χ3v) is 7.22. The Hall–Kier alpha value is -3.50. The molecule has 0 unspecified atom stereocenters. The van der Waals surface area contributed by atoms with E-state index < -0.39 is 22.5 Å². The van der Waals surface area contributed by atoms with Gasteiger partial charge in [-0.3, -0.25) is 24.0 Å². The van der Waals surface area contributed by atoms with Crippen LogP contribution >= 0.6 is 0 Å². The van der Waals surface area contributed by atoms with Crippen molar-refractivity contribution in [2.75, 3.05) is 31.2 Å². The second-order valence-electron chi connectivity index (χ2n) is 8.25. The van der Waals surface area contributed by atoms with Crippen LogP contribution in [0.3, 0.4) is 0 Å². The molecule has 1 aliphatic rings. The van der Waals surface area contributed by atoms with Crippen LogP contribution in [0.1, 0.15) is 42.4 Å². The summed E-state index contributed by atoms with van der Waals surface area (Å²) in [5.74, 6) is -0.865. The number of Topliss-reactive ketones (excluding diaryl/α,β-unsaturated/α-hetero) is 1. The molecule has 2 amide bonds. The lowest BCUT2D eigenvalue weighted by atomic mass is 10.0. The quantitative estimate of drug-likeness (QED) is 0.326. The van der Waals surface area contributed by atoms with Gasteiger partial charge in [-0.05, 0) is 24.1 Å². The molecule has 0 spiro atoms. The summed E-state index contributed by atoms with van der Waals surface area (Å²) in [5, 5.41) is 2.19. The second kappa shape index (κ2) is 13.2. The van der Waals surface area contributed by atoms with Crippen LogP contribution < -0.4 is 15.9 Å². The number of hydrazine groups is 1. The van der Waals surface area contributed by atoms with Crippen molar-refractivity contribution in [1.82, 2.24) is 15.0 Å². The first-order chi connectivity index (χ1) is 17.9. The topological polar surface area (TPSA) is 124 Å². The van der Waals surface area contributed by atoms with Gasteiger partial charge in [0.2, 0.25) is 0 Å². The number of nitrogens with two attached hydrogens (primary N) is 1. The van der Waals surface area contributed by atoms with Gasteiger partial charge in [-0.2, -0.15) is 0 Å². The monoisotopic (exact) mass is 526 g/mol. The van der Waals surface area contributed by atoms with Crippen LogP contribution in [-0.4, -0.2) is 62.6 Å². The number of ether oxygens (including phenoxy) is 1. The Labute approximate surface area is 219 Å². The molecule has 4 rings (SSSR count). The van der Waals surface area contributed by atoms with Crippen LogP contribution in [0.15, 0.2) is 48.5 Å². The molecular formula is C27H34N4O5S. The van der Waals surface area contributed by atoms with E-state index >= 15 is 0 Å². The molecular weight excluding hydrogens is 492 g/mol. The second-order valence-corrected chi connectivity index (χ2v) is 9.95. The Morgan fingerprint density at radius 2 is 1.70 bits per heavy atom. The molecule has 0 atom stereocenters. The fourth-order valence-electron chi connectivity index (χ4n) is 4.32. The van der Waals surface area contributed by atoms with Crippen molar-refractivity contribution in [3.05, 3.63) is 65.4 Å². The minimum absolute atomic E-state index is 0.209. The first-order valence-electron chi connectivity index (χ1n) is 12.4. The SMILES string of the molecule is CC.CCc1c(C(=O)C(N)=O)c2c(OCC(=O)NN3CCS(=O)CC3)cccc2n1Cc1ccccc1. The van der Waals surface area contributed by atoms with E-state index in [0.29, 0.717) is 59.9 Å². The summed E-state index contributed by atoms with van der Waals surface area (Å²) >= 11 is 0. The van der Waals surface area contributed by atoms with Crippen LogP contribution in [-0.2, 0) is 33.4 Å². The number of nitrogens with one attached hydrogen (secondary N) is 1. The van der Waals surface area contributed by atoms with E-state index in [9.17, 15) is 18.6 Å². The van der Waals surface area contributed by atoms with Gasteiger partial charge in [0.25, 0.3) is 17.6 Å². The number of amides is 2. The highest BCUT2D eigenvalue weighted by atomic mass is 32.2. The number of carbonyl (C=O) groups excluding carboxylic acids is 3. The zero-order valence-corrected chi connectivity index (χ0v) is 22.3. The summed E-state index contributed by atoms with van der Waals surface area (Å²) in [6.07, 6.45) is 0.492. The molecule has 9 nitrogen and oxygen atoms in total. The lowest BCUT2D eigenvalue weighted by molar-refractivity contribution is -0.127. The van der Waals surface area contributed by atoms with E-state index in [2.05, 4.69) is 5.43 Å². The van der Waals surface area contributed by atoms with Gasteiger partial charge in [0.05, 0.1) is 16.5 Å². The van der Waals surface area contributed by atoms with Gasteiger partial charge in [0, 0.05) is 47.6 Å². The summed E-state index contributed by atoms with van der Waals surface area (Å²) in [7, 11) is -0.848. The lowest BCUT2D eigenvalue weighted by Crippen LogP contribution is -2.50. The average molecular weight is 527 g/mol. The third kappa shape index (κ3) is 6.64. The molecule has 0 aliphatic carbocycles. The molecule has 2 heterocycles. The number of primary amides is 1. The van der Waals surface area contributed by atoms with E-state index in [4.69, 9.17) is 10.5 Å². The van der Waals surface area contributed by atoms with E-state index in [1.54, 1.807) is 17.1 Å². The van der Waals surface area contributed by atoms with Gasteiger partial charge in [-0.1, -0.05) is 57.2 Å². The molecule has 1 aromatic heterocycles. The largest absolute Gasteiger partial charge is 0.483 e. The van der Waals surface area contributed by atoms with Gasteiger partial charge in [0.15, 0.2) is 6.61 Å². The number of fused-ring (bicyclic) bond motifs is 1. The van der Waals surface area contributed by atoms with Crippen LogP contribution in [0.4, 0.5) is 0 Å². The predicted molar refractivity (Wildman–Crippen MR) is 145 cm³/mol. The number of hydrogen-bond donors (Lipinski definition) is 2. The zero-order chi connectivity index (χ0) is 26.9. The fraction of sp³-hybridized carbons (Fsp3) is 0.370. The van der Waals surface area contributed by atoms with Crippen molar-refractivity contribution in [3.63, 3.8) is 0 Å². The number of carbonyl (C=O) groups is 3. The van der Waals surface area contributed by atoms with E-state index in [1.165, 1.54) is 0 Å². The molecule has 1 aliphatic heterocycles. The van der Waals surface area contributed by atoms with Crippen molar-refractivity contribution in [2.45, 2.75) is 33.7 Å². The zero-order valence-electron chi connectivity index (χ0n) is 21.5. The molecule has 3 aromatic rings. The third-order valence-electron chi connectivity index (χ3n) is 5.95. The fourth-order valence-corrected chi connectivity index (χ4v) is 5.38. The highest BCUT2D eigenvalue weighted by Gasteiger charge is 2.27. The molecule has 3 N–H and O–H groups in total. The standard InChI is InChI=1S/C25H28N4O5S.C2H6/c1-2-18-23(24(31)25(26)32)22-19(29(18)15-17-7-4-3-5-8-17)9-6-10-20(22)34-16-21(30)27-28-11-13-35(33)14-12-28;1-2/h3-10H,2,11-16H2,1H3,(H2,26,32)(H,27,30);1-2H3. The number of benzene rings is 2. The normalized spacial score (nSPS) is 14.0. The maximum atomic E-state index is 12.9. The maximum Gasteiger partial charge on any atom is 0.289 e. The first kappa shape index (κ1) is 28.1. The van der Waals surface area contributed by atoms with Gasteiger partial charge >= 0.3 is 0 Å². The van der Waals surface area contributed by atoms with Crippen molar-refractivity contribution in [2.24, 2.45) is 5.73 Å². The highest BCUT2D eigenvalue weighted by Crippen LogP contribution is 2.35. The molecule has 37 heavy (non-hydrogen) atoms. The van der Waals surface area contributed by atoms with Crippen LogP contribution in [0.5, 0.6) is 5.75 Å². The van der Waals surface area contributed by atoms with Crippen molar-refractivity contribution in [3.8, 4) is 5.75 Å². The van der Waals surface area contributed by atoms with E-state index in [-0.39, 0.29) is 18.1 Å². The molecule has 198 valence electrons. The summed E-state index contributed by atoms with van der Waals surface area (Å²) in [6.45, 7) is 7.13. The summed E-state index contributed by atoms with van der Waals surface area (Å²) < 4.78 is 19.4. The smallest absolute Gasteiger partial charge is 0.289 e. The van der Waals surface area contributed by atoms with Gasteiger partial charge in [-0.15, -0.1) is 0 Å². The Balaban J connectivity index is 0.00000186. The van der Waals surface area contributed by atoms with Gasteiger partial charge in [-0.25, -0.2) is 5.01 Å². The summed E-state index contributed by atoms with van der Waals surface area (Å²) in [6, 6.07) is 15.1. The summed E-state index contributed by atoms with van der Waals surface area (Å²) in [5.41, 5.74) is 10.8. The minimum atomic E-state index is -1.05. The Morgan fingerprint density at radius 1 is 1.03 bits per heavy atom. The average Bonchev–Trinajstić information content (AvgIpc) is 3.23. The van der Waals surface area contributed by atoms with Crippen molar-refractivity contribution < 1.29 is 23.3 Å². The number of hydrogen-bond acceptors (Lipinski definition) is 6. The van der Waals surface area contributed by atoms with Crippen LogP contribution in [0, 0.1) is 0 Å². The van der Waals surface area contributed by atoms with Crippen molar-refractivity contribution >= 4 is 39.3 Å². The Kier molecular flexibility index (Phi) is 9.99. The number of aromatic nitrogens is 1. The molecule has 0 saturated carbocycles. The maximum absolute atomic E-state index is 12.9. The molecule has 1 saturated heterocycles. The van der Waals surface area contributed by atoms with E-state index in [0.717, 1.165) is 5.56 Å². The van der Waals surface area contributed by atoms with Gasteiger partial charge < -0.3 is 15.0 Å². The number of nitrogens with zero attached hydrogens (tertiary/aromatic N) is 2. The minimum Gasteiger partial charge on any atom is -0.483 e. The first-order valence-corrected chi connectivity index (χ1v) is 13.9. The number of ketones is 1. The highest BCUT2D eigenvalue weighted by molar-refractivity contribution is 7.85. The Morgan fingerprint density at radius 3 is 2.32 bits per heavy atom. The molecule has 0 radical (unpaired) electrons. The molecule has 10 heteroatoms. The molecule has 2 aromatic carbocycles. The van der Waals surface area contributed by atoms with Gasteiger partial charge in [0.1, 0.15) is 5.75 Å². The summed E-state index contributed by atoms with van der Waals surface area (Å²) in [4.78, 5) is 37.4. The van der Waals surface area contributed by atoms with Crippen molar-refractivity contribution in [1.29, 1.82) is 0 Å². The van der Waals surface area contributed by atoms with E-state index in [1.807, 2.05) is 61.7 Å². The molecule has 1 fully saturated rings. The molecule has 0 bridgehead atoms.